The summed E-state index contributed by atoms with van der Waals surface area (Å²) in [5, 5.41) is 14.7. The summed E-state index contributed by atoms with van der Waals surface area (Å²) in [6.07, 6.45) is 7.12. The smallest absolute Gasteiger partial charge is 0.262 e. The van der Waals surface area contributed by atoms with E-state index in [1.54, 1.807) is 24.3 Å². The Bertz CT molecular complexity index is 5280. The second kappa shape index (κ2) is 35.6. The van der Waals surface area contributed by atoms with E-state index in [9.17, 15) is 43.5 Å². The van der Waals surface area contributed by atoms with Crippen LogP contribution in [0.2, 0.25) is 0 Å². The maximum atomic E-state index is 13.3. The number of aromatic hydroxyl groups is 1. The monoisotopic (exact) mass is 1610 g/mol. The lowest BCUT2D eigenvalue weighted by atomic mass is 9.69. The minimum atomic E-state index is -0.961. The third-order valence-corrected chi connectivity index (χ3v) is 26.0. The summed E-state index contributed by atoms with van der Waals surface area (Å²) in [5.41, 5.74) is 14.8. The number of phenolic OH excluding ortho intramolecular Hbond substituents is 1. The fraction of sp³-hybridized carbons (Fsp3) is 0.367. The Morgan fingerprint density at radius 3 is 1.21 bits per heavy atom. The van der Waals surface area contributed by atoms with Gasteiger partial charge in [0.15, 0.2) is 0 Å². The molecule has 22 nitrogen and oxygen atoms in total. The number of hydrogen-bond donors (Lipinski definition) is 3. The molecular weight excluding hydrogens is 1510 g/mol. The second-order valence-corrected chi connectivity index (χ2v) is 33.4. The molecule has 9 aromatic rings. The Kier molecular flexibility index (Phi) is 23.9. The fourth-order valence-corrected chi connectivity index (χ4v) is 19.6. The Morgan fingerprint density at radius 1 is 0.367 bits per heavy atom. The number of anilines is 2. The SMILES string of the molecule is C.O=C1CCC(N2C(=O)c3ccc(N4CCN(CCCN5CC(Oc6ccc([C@@H]7c8ccc(O)cc8CC[C@@H]7c7ccccc7)cc6)C5)CC4)cc3C2=O)C(=O)N1.O=C1CCC(N2C(=O)c3ccc(N4CCN(CCCN5CC(Oc6ccc([C@@H]7c8ccc(OCc9ccccc9)cc8CC[C@@H]7c7ccccc7)cc6)C5)CC4)cc3C2=O)C(=O)N1. The Labute approximate surface area is 701 Å². The van der Waals surface area contributed by atoms with Crippen LogP contribution in [0.5, 0.6) is 23.0 Å². The number of rotatable bonds is 23. The number of imide groups is 4. The normalized spacial score (nSPS) is 22.2. The van der Waals surface area contributed by atoms with E-state index in [0.29, 0.717) is 46.4 Å². The second-order valence-electron chi connectivity index (χ2n) is 33.4. The van der Waals surface area contributed by atoms with E-state index in [2.05, 4.69) is 186 Å². The number of benzene rings is 9. The third-order valence-electron chi connectivity index (χ3n) is 26.0. The van der Waals surface area contributed by atoms with Gasteiger partial charge in [-0.1, -0.05) is 135 Å². The lowest BCUT2D eigenvalue weighted by molar-refractivity contribution is -0.137. The van der Waals surface area contributed by atoms with Crippen LogP contribution >= 0.6 is 0 Å². The Morgan fingerprint density at radius 2 is 0.767 bits per heavy atom. The molecule has 6 saturated heterocycles. The summed E-state index contributed by atoms with van der Waals surface area (Å²) in [6, 6.07) is 70.9. The standard InChI is InChI=1S/C52H53N5O6.C45H47N5O6.CH4/c58-48-23-22-47(50(59)53-48)57-51(60)45-20-15-39(31-46(45)52(57)61)56-28-26-54(27-29-56)24-7-25-55-32-42(33-55)63-40-16-12-37(13-17-40)49-43(36-10-5-2-6-11-36)19-14-38-30-41(18-21-44(38)49)62-34-35-8-3-1-4-9-35;51-33-11-16-37-31(25-33)9-14-36(29-5-2-1-3-6-29)42(37)30-7-12-34(13-8-30)56-35-27-48(28-35)20-4-19-47-21-23-49(24-22-47)32-10-15-38-39(26-32)45(55)50(44(38)54)40-17-18-41(52)46-43(40)53;/h1-6,8-13,15-18,20-21,30-31,42-43,47,49H,7,14,19,22-29,32-34H2,(H,53,58,59);1-3,5-8,10-13,15-16,25-26,35-36,40,42,51H,4,9,14,17-24,27-28H2,(H,46,52,53);1H4/t43-,47?,49+;36-,40?,42+;/m11./s1. The zero-order chi connectivity index (χ0) is 81.2. The van der Waals surface area contributed by atoms with Gasteiger partial charge in [0.2, 0.25) is 23.6 Å². The van der Waals surface area contributed by atoms with Crippen LogP contribution in [0.4, 0.5) is 11.4 Å². The van der Waals surface area contributed by atoms with Gasteiger partial charge in [0.1, 0.15) is 53.9 Å². The number of fused-ring (bicyclic) bond motifs is 4. The van der Waals surface area contributed by atoms with Gasteiger partial charge < -0.3 is 29.1 Å². The van der Waals surface area contributed by atoms with Crippen LogP contribution in [-0.4, -0.2) is 211 Å². The molecule has 0 bridgehead atoms. The molecule has 22 heteroatoms. The van der Waals surface area contributed by atoms with Gasteiger partial charge in [-0.25, -0.2) is 0 Å². The van der Waals surface area contributed by atoms with E-state index >= 15 is 0 Å². The molecule has 0 aromatic heterocycles. The van der Waals surface area contributed by atoms with Crippen molar-refractivity contribution in [2.24, 2.45) is 0 Å². The number of aryl methyl sites for hydroxylation is 2. The van der Waals surface area contributed by atoms with Crippen LogP contribution in [-0.2, 0) is 38.6 Å². The van der Waals surface area contributed by atoms with Crippen molar-refractivity contribution in [3.8, 4) is 23.0 Å². The number of phenols is 1. The minimum absolute atomic E-state index is 0. The molecule has 0 saturated carbocycles. The van der Waals surface area contributed by atoms with E-state index < -0.39 is 47.5 Å². The first-order valence-electron chi connectivity index (χ1n) is 42.5. The van der Waals surface area contributed by atoms with Crippen LogP contribution in [0, 0.1) is 0 Å². The molecule has 8 amide bonds. The number of nitrogens with one attached hydrogen (secondary N) is 2. The highest BCUT2D eigenvalue weighted by Crippen LogP contribution is 2.50. The van der Waals surface area contributed by atoms with Gasteiger partial charge in [-0.05, 0) is 224 Å². The van der Waals surface area contributed by atoms with Crippen LogP contribution in [0.1, 0.15) is 174 Å². The number of piperazine rings is 2. The summed E-state index contributed by atoms with van der Waals surface area (Å²) < 4.78 is 19.1. The molecule has 9 aromatic carbocycles. The average molecular weight is 1610 g/mol. The minimum Gasteiger partial charge on any atom is -0.508 e. The summed E-state index contributed by atoms with van der Waals surface area (Å²) in [4.78, 5) is 117. The van der Waals surface area contributed by atoms with E-state index in [1.807, 2.05) is 42.5 Å². The number of nitrogens with zero attached hydrogens (tertiary/aromatic N) is 8. The van der Waals surface area contributed by atoms with Crippen molar-refractivity contribution in [2.45, 2.75) is 126 Å². The molecule has 19 rings (SSSR count). The van der Waals surface area contributed by atoms with Gasteiger partial charge in [-0.3, -0.25) is 78.4 Å². The summed E-state index contributed by atoms with van der Waals surface area (Å²) in [6.45, 7) is 15.3. The van der Waals surface area contributed by atoms with E-state index in [-0.39, 0.29) is 69.0 Å². The molecular formula is C98H104N10O12. The van der Waals surface area contributed by atoms with Gasteiger partial charge in [0, 0.05) is 115 Å². The Balaban J connectivity index is 0.000000171. The quantitative estimate of drug-likeness (QED) is 0.0505. The highest BCUT2D eigenvalue weighted by molar-refractivity contribution is 6.25. The third kappa shape index (κ3) is 17.2. The van der Waals surface area contributed by atoms with Crippen LogP contribution < -0.4 is 34.6 Å². The van der Waals surface area contributed by atoms with Crippen molar-refractivity contribution in [2.75, 3.05) is 115 Å². The predicted molar refractivity (Wildman–Crippen MR) is 458 cm³/mol. The predicted octanol–water partition coefficient (Wildman–Crippen LogP) is 12.4. The van der Waals surface area contributed by atoms with E-state index in [0.717, 1.165) is 182 Å². The largest absolute Gasteiger partial charge is 0.508 e. The zero-order valence-corrected chi connectivity index (χ0v) is 66.9. The van der Waals surface area contributed by atoms with Crippen molar-refractivity contribution in [1.29, 1.82) is 0 Å². The number of amides is 8. The maximum Gasteiger partial charge on any atom is 0.262 e. The first kappa shape index (κ1) is 80.6. The molecule has 8 aliphatic heterocycles. The van der Waals surface area contributed by atoms with Crippen LogP contribution in [0.15, 0.2) is 212 Å². The molecule has 3 N–H and O–H groups in total. The number of piperidine rings is 2. The maximum absolute atomic E-state index is 13.3. The number of likely N-dealkylation sites (tertiary alicyclic amines) is 2. The molecule has 618 valence electrons. The lowest BCUT2D eigenvalue weighted by Crippen LogP contribution is -2.54. The first-order valence-corrected chi connectivity index (χ1v) is 42.5. The fourth-order valence-electron chi connectivity index (χ4n) is 19.6. The number of carbonyl (C=O) groups excluding carboxylic acids is 8. The van der Waals surface area contributed by atoms with Gasteiger partial charge >= 0.3 is 0 Å². The highest BCUT2D eigenvalue weighted by atomic mass is 16.5. The van der Waals surface area contributed by atoms with Gasteiger partial charge in [-0.2, -0.15) is 0 Å². The summed E-state index contributed by atoms with van der Waals surface area (Å²) in [5.74, 6) is 0.425. The van der Waals surface area contributed by atoms with Crippen LogP contribution in [0.3, 0.4) is 0 Å². The van der Waals surface area contributed by atoms with Gasteiger partial charge in [-0.15, -0.1) is 0 Å². The van der Waals surface area contributed by atoms with Crippen molar-refractivity contribution >= 4 is 58.6 Å². The lowest BCUT2D eigenvalue weighted by Gasteiger charge is -2.40. The molecule has 6 fully saturated rings. The number of hydrogen-bond acceptors (Lipinski definition) is 18. The van der Waals surface area contributed by atoms with Gasteiger partial charge in [0.25, 0.3) is 23.6 Å². The molecule has 0 radical (unpaired) electrons. The van der Waals surface area contributed by atoms with Crippen molar-refractivity contribution < 1.29 is 57.7 Å². The Hall–Kier alpha value is -11.8. The average Bonchev–Trinajstić information content (AvgIpc) is 1.49. The molecule has 2 unspecified atom stereocenters. The van der Waals surface area contributed by atoms with Crippen molar-refractivity contribution in [3.05, 3.63) is 285 Å². The molecule has 2 aliphatic carbocycles. The van der Waals surface area contributed by atoms with Gasteiger partial charge in [0.05, 0.1) is 22.3 Å². The topological polar surface area (TPSA) is 234 Å². The molecule has 6 atom stereocenters. The van der Waals surface area contributed by atoms with Crippen molar-refractivity contribution in [3.63, 3.8) is 0 Å². The summed E-state index contributed by atoms with van der Waals surface area (Å²) in [7, 11) is 0. The molecule has 10 aliphatic rings. The highest BCUT2D eigenvalue weighted by Gasteiger charge is 2.47. The van der Waals surface area contributed by atoms with E-state index in [1.165, 1.54) is 50.1 Å². The number of ether oxygens (including phenoxy) is 3. The number of carbonyl (C=O) groups is 8. The van der Waals surface area contributed by atoms with E-state index in [4.69, 9.17) is 14.2 Å². The first-order chi connectivity index (χ1) is 58.1. The van der Waals surface area contributed by atoms with Crippen LogP contribution in [0.25, 0.3) is 0 Å². The summed E-state index contributed by atoms with van der Waals surface area (Å²) >= 11 is 0. The molecule has 8 heterocycles. The zero-order valence-electron chi connectivity index (χ0n) is 66.9. The molecule has 0 spiro atoms. The molecule has 120 heavy (non-hydrogen) atoms. The van der Waals surface area contributed by atoms with Crippen molar-refractivity contribution in [1.82, 2.24) is 40.0 Å².